The molecule has 0 aromatic heterocycles. The van der Waals surface area contributed by atoms with Crippen LogP contribution in [0.15, 0.2) is 0 Å². The number of ketones is 1. The number of halogens is 1. The number of alkyl halides is 1. The third kappa shape index (κ3) is 2.71. The van der Waals surface area contributed by atoms with Crippen molar-refractivity contribution < 1.29 is 14.3 Å². The topological polar surface area (TPSA) is 43.4 Å². The molecule has 1 rings (SSSR count). The zero-order valence-electron chi connectivity index (χ0n) is 9.05. The number of carbonyl (C=O) groups is 2. The van der Waals surface area contributed by atoms with Crippen LogP contribution < -0.4 is 0 Å². The maximum absolute atomic E-state index is 11.9. The van der Waals surface area contributed by atoms with Crippen LogP contribution in [-0.2, 0) is 14.3 Å². The summed E-state index contributed by atoms with van der Waals surface area (Å²) in [6.07, 6.45) is 3.72. The fourth-order valence-corrected chi connectivity index (χ4v) is 3.02. The molecule has 4 heteroatoms. The summed E-state index contributed by atoms with van der Waals surface area (Å²) in [6.45, 7) is 2.14. The highest BCUT2D eigenvalue weighted by atomic mass is 127. The van der Waals surface area contributed by atoms with E-state index < -0.39 is 5.41 Å². The number of ether oxygens (including phenoxy) is 1. The summed E-state index contributed by atoms with van der Waals surface area (Å²) in [7, 11) is 0. The van der Waals surface area contributed by atoms with E-state index in [-0.39, 0.29) is 11.8 Å². The van der Waals surface area contributed by atoms with Gasteiger partial charge in [-0.25, -0.2) is 0 Å². The van der Waals surface area contributed by atoms with Crippen molar-refractivity contribution in [3.05, 3.63) is 0 Å². The number of carbonyl (C=O) groups excluding carboxylic acids is 2. The van der Waals surface area contributed by atoms with Crippen molar-refractivity contribution in [1.82, 2.24) is 0 Å². The van der Waals surface area contributed by atoms with Gasteiger partial charge in [-0.2, -0.15) is 0 Å². The Kier molecular flexibility index (Phi) is 5.02. The van der Waals surface area contributed by atoms with Crippen molar-refractivity contribution in [1.29, 1.82) is 0 Å². The molecule has 0 aromatic carbocycles. The quantitative estimate of drug-likeness (QED) is 0.345. The SMILES string of the molecule is CCOC(=O)C1(CCI)CCCCC1=O. The molecule has 0 heterocycles. The summed E-state index contributed by atoms with van der Waals surface area (Å²) in [6, 6.07) is 0. The molecular weight excluding hydrogens is 307 g/mol. The van der Waals surface area contributed by atoms with Crippen LogP contribution in [0.3, 0.4) is 0 Å². The summed E-state index contributed by atoms with van der Waals surface area (Å²) < 4.78 is 5.87. The van der Waals surface area contributed by atoms with Gasteiger partial charge >= 0.3 is 5.97 Å². The highest BCUT2D eigenvalue weighted by molar-refractivity contribution is 14.1. The third-order valence-corrected chi connectivity index (χ3v) is 3.52. The Bertz CT molecular complexity index is 248. The lowest BCUT2D eigenvalue weighted by Gasteiger charge is -2.32. The zero-order valence-corrected chi connectivity index (χ0v) is 11.2. The monoisotopic (exact) mass is 324 g/mol. The summed E-state index contributed by atoms with van der Waals surface area (Å²) in [5.74, 6) is -0.213. The fourth-order valence-electron chi connectivity index (χ4n) is 2.10. The van der Waals surface area contributed by atoms with E-state index in [1.165, 1.54) is 0 Å². The molecule has 0 spiro atoms. The van der Waals surface area contributed by atoms with Crippen molar-refractivity contribution in [2.75, 3.05) is 11.0 Å². The lowest BCUT2D eigenvalue weighted by Crippen LogP contribution is -2.43. The van der Waals surface area contributed by atoms with Crippen LogP contribution >= 0.6 is 22.6 Å². The first-order valence-electron chi connectivity index (χ1n) is 5.44. The number of esters is 1. The maximum Gasteiger partial charge on any atom is 0.319 e. The minimum Gasteiger partial charge on any atom is -0.465 e. The van der Waals surface area contributed by atoms with E-state index in [0.717, 1.165) is 17.3 Å². The molecule has 1 aliphatic carbocycles. The molecule has 15 heavy (non-hydrogen) atoms. The third-order valence-electron chi connectivity index (χ3n) is 2.98. The Balaban J connectivity index is 2.84. The van der Waals surface area contributed by atoms with E-state index in [1.54, 1.807) is 6.92 Å². The molecule has 3 nitrogen and oxygen atoms in total. The van der Waals surface area contributed by atoms with Crippen molar-refractivity contribution in [3.63, 3.8) is 0 Å². The van der Waals surface area contributed by atoms with Gasteiger partial charge in [-0.1, -0.05) is 29.0 Å². The van der Waals surface area contributed by atoms with Crippen LogP contribution in [0.25, 0.3) is 0 Å². The number of Topliss-reactive ketones (excluding diaryl/α,β-unsaturated/α-hetero) is 1. The molecule has 1 aliphatic rings. The normalized spacial score (nSPS) is 26.4. The van der Waals surface area contributed by atoms with Crippen LogP contribution in [0.4, 0.5) is 0 Å². The summed E-state index contributed by atoms with van der Waals surface area (Å²) >= 11 is 2.21. The first kappa shape index (κ1) is 12.9. The lowest BCUT2D eigenvalue weighted by atomic mass is 9.71. The van der Waals surface area contributed by atoms with Crippen LogP contribution in [0, 0.1) is 5.41 Å². The second-order valence-corrected chi connectivity index (χ2v) is 4.95. The molecule has 0 radical (unpaired) electrons. The Morgan fingerprint density at radius 2 is 2.27 bits per heavy atom. The minimum atomic E-state index is -0.810. The molecule has 1 fully saturated rings. The Morgan fingerprint density at radius 1 is 1.53 bits per heavy atom. The Labute approximate surface area is 104 Å². The smallest absolute Gasteiger partial charge is 0.319 e. The van der Waals surface area contributed by atoms with Gasteiger partial charge in [0.15, 0.2) is 0 Å². The van der Waals surface area contributed by atoms with Gasteiger partial charge in [0.25, 0.3) is 0 Å². The van der Waals surface area contributed by atoms with Gasteiger partial charge in [-0.05, 0) is 26.2 Å². The van der Waals surface area contributed by atoms with E-state index in [9.17, 15) is 9.59 Å². The highest BCUT2D eigenvalue weighted by Gasteiger charge is 2.46. The second-order valence-electron chi connectivity index (χ2n) is 3.87. The van der Waals surface area contributed by atoms with E-state index in [4.69, 9.17) is 4.74 Å². The van der Waals surface area contributed by atoms with Gasteiger partial charge in [0.1, 0.15) is 11.2 Å². The van der Waals surface area contributed by atoms with Crippen molar-refractivity contribution >= 4 is 34.3 Å². The van der Waals surface area contributed by atoms with Gasteiger partial charge in [-0.15, -0.1) is 0 Å². The molecule has 0 amide bonds. The largest absolute Gasteiger partial charge is 0.465 e. The van der Waals surface area contributed by atoms with Gasteiger partial charge in [0.05, 0.1) is 6.61 Å². The summed E-state index contributed by atoms with van der Waals surface area (Å²) in [4.78, 5) is 23.8. The number of hydrogen-bond acceptors (Lipinski definition) is 3. The molecule has 0 saturated heterocycles. The van der Waals surface area contributed by atoms with Gasteiger partial charge in [-0.3, -0.25) is 9.59 Å². The van der Waals surface area contributed by atoms with Crippen molar-refractivity contribution in [3.8, 4) is 0 Å². The first-order chi connectivity index (χ1) is 7.17. The molecular formula is C11H17IO3. The second kappa shape index (κ2) is 5.82. The Morgan fingerprint density at radius 3 is 2.80 bits per heavy atom. The Hall–Kier alpha value is -0.130. The van der Waals surface area contributed by atoms with E-state index >= 15 is 0 Å². The van der Waals surface area contributed by atoms with Crippen LogP contribution in [0.2, 0.25) is 0 Å². The minimum absolute atomic E-state index is 0.0869. The molecule has 1 saturated carbocycles. The predicted octanol–water partition coefficient (Wildman–Crippen LogP) is 2.50. The maximum atomic E-state index is 11.9. The fraction of sp³-hybridized carbons (Fsp3) is 0.818. The van der Waals surface area contributed by atoms with Crippen molar-refractivity contribution in [2.24, 2.45) is 5.41 Å². The van der Waals surface area contributed by atoms with Crippen LogP contribution in [0.1, 0.15) is 39.0 Å². The van der Waals surface area contributed by atoms with Crippen molar-refractivity contribution in [2.45, 2.75) is 39.0 Å². The molecule has 0 N–H and O–H groups in total. The van der Waals surface area contributed by atoms with E-state index in [0.29, 0.717) is 25.9 Å². The van der Waals surface area contributed by atoms with Gasteiger partial charge in [0.2, 0.25) is 0 Å². The molecule has 0 bridgehead atoms. The average Bonchev–Trinajstić information content (AvgIpc) is 2.22. The lowest BCUT2D eigenvalue weighted by molar-refractivity contribution is -0.162. The zero-order chi connectivity index (χ0) is 11.3. The standard InChI is InChI=1S/C11H17IO3/c1-2-15-10(14)11(7-8-12)6-4-3-5-9(11)13/h2-8H2,1H3. The van der Waals surface area contributed by atoms with Crippen LogP contribution in [-0.4, -0.2) is 22.8 Å². The van der Waals surface area contributed by atoms with E-state index in [1.807, 2.05) is 0 Å². The van der Waals surface area contributed by atoms with Gasteiger partial charge in [0, 0.05) is 10.8 Å². The average molecular weight is 324 g/mol. The molecule has 1 unspecified atom stereocenters. The highest BCUT2D eigenvalue weighted by Crippen LogP contribution is 2.38. The van der Waals surface area contributed by atoms with E-state index in [2.05, 4.69) is 22.6 Å². The summed E-state index contributed by atoms with van der Waals surface area (Å²) in [5.41, 5.74) is -0.810. The summed E-state index contributed by atoms with van der Waals surface area (Å²) in [5, 5.41) is 0. The first-order valence-corrected chi connectivity index (χ1v) is 6.96. The molecule has 0 aromatic rings. The molecule has 86 valence electrons. The number of hydrogen-bond donors (Lipinski definition) is 0. The number of rotatable bonds is 4. The predicted molar refractivity (Wildman–Crippen MR) is 66.0 cm³/mol. The van der Waals surface area contributed by atoms with Gasteiger partial charge < -0.3 is 4.74 Å². The molecule has 0 aliphatic heterocycles. The van der Waals surface area contributed by atoms with Crippen LogP contribution in [0.5, 0.6) is 0 Å². The molecule has 1 atom stereocenters.